The first-order chi connectivity index (χ1) is 12.0. The zero-order valence-electron chi connectivity index (χ0n) is 14.7. The van der Waals surface area contributed by atoms with Crippen molar-refractivity contribution in [2.45, 2.75) is 32.9 Å². The van der Waals surface area contributed by atoms with E-state index in [1.807, 2.05) is 19.9 Å². The highest BCUT2D eigenvalue weighted by molar-refractivity contribution is 7.99. The average molecular weight is 353 g/mol. The van der Waals surface area contributed by atoms with Crippen molar-refractivity contribution < 1.29 is 9.21 Å². The summed E-state index contributed by atoms with van der Waals surface area (Å²) in [6.07, 6.45) is 3.33. The molecule has 0 N–H and O–H groups in total. The van der Waals surface area contributed by atoms with E-state index in [1.54, 1.807) is 24.5 Å². The second-order valence-electron chi connectivity index (χ2n) is 5.94. The summed E-state index contributed by atoms with van der Waals surface area (Å²) >= 11 is 1.26. The van der Waals surface area contributed by atoms with Crippen molar-refractivity contribution in [2.75, 3.05) is 5.75 Å². The number of benzene rings is 1. The first-order valence-corrected chi connectivity index (χ1v) is 8.93. The quantitative estimate of drug-likeness (QED) is 0.502. The van der Waals surface area contributed by atoms with Crippen molar-refractivity contribution in [1.29, 1.82) is 0 Å². The molecule has 2 heterocycles. The predicted molar refractivity (Wildman–Crippen MR) is 98.0 cm³/mol. The van der Waals surface area contributed by atoms with E-state index in [1.165, 1.54) is 22.9 Å². The van der Waals surface area contributed by atoms with Crippen molar-refractivity contribution in [2.24, 2.45) is 0 Å². The zero-order valence-corrected chi connectivity index (χ0v) is 15.5. The molecule has 1 aromatic carbocycles. The van der Waals surface area contributed by atoms with E-state index < -0.39 is 0 Å². The van der Waals surface area contributed by atoms with Gasteiger partial charge in [0.1, 0.15) is 0 Å². The molecule has 2 aromatic heterocycles. The monoisotopic (exact) mass is 353 g/mol. The van der Waals surface area contributed by atoms with Crippen LogP contribution in [0.1, 0.15) is 32.6 Å². The molecule has 0 aliphatic rings. The number of ketones is 1. The lowest BCUT2D eigenvalue weighted by Crippen LogP contribution is -2.08. The fraction of sp³-hybridized carbons (Fsp3) is 0.263. The highest BCUT2D eigenvalue weighted by atomic mass is 32.2. The molecule has 0 radical (unpaired) electrons. The van der Waals surface area contributed by atoms with Crippen LogP contribution in [0.15, 0.2) is 40.2 Å². The smallest absolute Gasteiger partial charge is 0.277 e. The highest BCUT2D eigenvalue weighted by Crippen LogP contribution is 2.26. The SMILES string of the molecule is Cc1cc(C(=O)CSc2nnc(-c3ccncc3)o2)c(C)c(C)c1C. The molecule has 3 aromatic rings. The summed E-state index contributed by atoms with van der Waals surface area (Å²) in [5.41, 5.74) is 6.15. The lowest BCUT2D eigenvalue weighted by Gasteiger charge is -2.13. The number of pyridine rings is 1. The molecule has 5 nitrogen and oxygen atoms in total. The molecule has 0 aliphatic heterocycles. The van der Waals surface area contributed by atoms with Crippen LogP contribution in [0.2, 0.25) is 0 Å². The molecule has 0 fully saturated rings. The van der Waals surface area contributed by atoms with Crippen LogP contribution in [-0.2, 0) is 0 Å². The van der Waals surface area contributed by atoms with Crippen molar-refractivity contribution in [3.8, 4) is 11.5 Å². The van der Waals surface area contributed by atoms with E-state index in [9.17, 15) is 4.79 Å². The van der Waals surface area contributed by atoms with Crippen LogP contribution in [0.5, 0.6) is 0 Å². The van der Waals surface area contributed by atoms with Gasteiger partial charge >= 0.3 is 0 Å². The van der Waals surface area contributed by atoms with E-state index in [0.717, 1.165) is 22.3 Å². The zero-order chi connectivity index (χ0) is 18.0. The summed E-state index contributed by atoms with van der Waals surface area (Å²) < 4.78 is 5.61. The average Bonchev–Trinajstić information content (AvgIpc) is 3.11. The molecule has 0 saturated carbocycles. The second-order valence-corrected chi connectivity index (χ2v) is 6.86. The normalized spacial score (nSPS) is 10.9. The Bertz CT molecular complexity index is 920. The van der Waals surface area contributed by atoms with Gasteiger partial charge in [-0.15, -0.1) is 10.2 Å². The summed E-state index contributed by atoms with van der Waals surface area (Å²) in [4.78, 5) is 16.6. The Kier molecular flexibility index (Phi) is 4.99. The third-order valence-corrected chi connectivity index (χ3v) is 5.26. The van der Waals surface area contributed by atoms with Gasteiger partial charge in [0.2, 0.25) is 5.89 Å². The first kappa shape index (κ1) is 17.4. The van der Waals surface area contributed by atoms with Crippen LogP contribution in [0.3, 0.4) is 0 Å². The Morgan fingerprint density at radius 2 is 1.76 bits per heavy atom. The number of rotatable bonds is 5. The number of Topliss-reactive ketones (excluding diaryl/α,β-unsaturated/α-hetero) is 1. The van der Waals surface area contributed by atoms with Crippen molar-refractivity contribution in [3.63, 3.8) is 0 Å². The van der Waals surface area contributed by atoms with Gasteiger partial charge in [-0.2, -0.15) is 0 Å². The molecular weight excluding hydrogens is 334 g/mol. The highest BCUT2D eigenvalue weighted by Gasteiger charge is 2.16. The van der Waals surface area contributed by atoms with Crippen LogP contribution in [0, 0.1) is 27.7 Å². The standard InChI is InChI=1S/C19H19N3O2S/c1-11-9-16(14(4)13(3)12(11)2)17(23)10-25-19-22-21-18(24-19)15-5-7-20-8-6-15/h5-9H,10H2,1-4H3. The summed E-state index contributed by atoms with van der Waals surface area (Å²) in [7, 11) is 0. The minimum atomic E-state index is 0.0670. The molecule has 0 atom stereocenters. The van der Waals surface area contributed by atoms with Crippen LogP contribution < -0.4 is 0 Å². The van der Waals surface area contributed by atoms with Crippen molar-refractivity contribution in [1.82, 2.24) is 15.2 Å². The van der Waals surface area contributed by atoms with Gasteiger partial charge in [0.25, 0.3) is 5.22 Å². The fourth-order valence-corrected chi connectivity index (χ4v) is 3.23. The molecule has 0 bridgehead atoms. The van der Waals surface area contributed by atoms with Gasteiger partial charge in [-0.05, 0) is 68.1 Å². The summed E-state index contributed by atoms with van der Waals surface area (Å²) in [6, 6.07) is 5.57. The largest absolute Gasteiger partial charge is 0.411 e. The van der Waals surface area contributed by atoms with Crippen molar-refractivity contribution >= 4 is 17.5 Å². The minimum Gasteiger partial charge on any atom is -0.411 e. The van der Waals surface area contributed by atoms with Crippen LogP contribution in [0.25, 0.3) is 11.5 Å². The van der Waals surface area contributed by atoms with Gasteiger partial charge in [-0.3, -0.25) is 9.78 Å². The number of aromatic nitrogens is 3. The Hall–Kier alpha value is -2.47. The van der Waals surface area contributed by atoms with E-state index in [2.05, 4.69) is 29.0 Å². The lowest BCUT2D eigenvalue weighted by atomic mass is 9.93. The number of carbonyl (C=O) groups is 1. The van der Waals surface area contributed by atoms with E-state index in [4.69, 9.17) is 4.42 Å². The Morgan fingerprint density at radius 3 is 2.48 bits per heavy atom. The molecule has 0 saturated heterocycles. The fourth-order valence-electron chi connectivity index (χ4n) is 2.59. The molecule has 25 heavy (non-hydrogen) atoms. The maximum Gasteiger partial charge on any atom is 0.277 e. The summed E-state index contributed by atoms with van der Waals surface area (Å²) in [6.45, 7) is 8.17. The number of nitrogens with zero attached hydrogens (tertiary/aromatic N) is 3. The maximum atomic E-state index is 12.6. The molecule has 3 rings (SSSR count). The number of hydrogen-bond acceptors (Lipinski definition) is 6. The van der Waals surface area contributed by atoms with E-state index in [-0.39, 0.29) is 11.5 Å². The summed E-state index contributed by atoms with van der Waals surface area (Å²) in [5, 5.41) is 8.41. The van der Waals surface area contributed by atoms with Gasteiger partial charge in [0.05, 0.1) is 5.75 Å². The Morgan fingerprint density at radius 1 is 1.04 bits per heavy atom. The van der Waals surface area contributed by atoms with Crippen LogP contribution >= 0.6 is 11.8 Å². The van der Waals surface area contributed by atoms with E-state index in [0.29, 0.717) is 11.1 Å². The molecule has 0 aliphatic carbocycles. The number of thioether (sulfide) groups is 1. The second kappa shape index (κ2) is 7.19. The first-order valence-electron chi connectivity index (χ1n) is 7.94. The third-order valence-electron chi connectivity index (χ3n) is 4.44. The molecule has 0 amide bonds. The number of aryl methyl sites for hydroxylation is 1. The topological polar surface area (TPSA) is 68.9 Å². The van der Waals surface area contributed by atoms with E-state index >= 15 is 0 Å². The van der Waals surface area contributed by atoms with Gasteiger partial charge in [0.15, 0.2) is 5.78 Å². The van der Waals surface area contributed by atoms with Gasteiger partial charge in [-0.1, -0.05) is 11.8 Å². The number of hydrogen-bond donors (Lipinski definition) is 0. The third kappa shape index (κ3) is 3.64. The number of carbonyl (C=O) groups excluding carboxylic acids is 1. The Labute approximate surface area is 150 Å². The Balaban J connectivity index is 1.73. The summed E-state index contributed by atoms with van der Waals surface area (Å²) in [5.74, 6) is 0.758. The molecule has 0 spiro atoms. The lowest BCUT2D eigenvalue weighted by molar-refractivity contribution is 0.102. The molecular formula is C19H19N3O2S. The molecule has 6 heteroatoms. The van der Waals surface area contributed by atoms with Crippen molar-refractivity contribution in [3.05, 3.63) is 58.4 Å². The maximum absolute atomic E-state index is 12.6. The molecule has 128 valence electrons. The van der Waals surface area contributed by atoms with Gasteiger partial charge in [-0.25, -0.2) is 0 Å². The predicted octanol–water partition coefficient (Wildman–Crippen LogP) is 4.34. The van der Waals surface area contributed by atoms with Crippen LogP contribution in [0.4, 0.5) is 0 Å². The van der Waals surface area contributed by atoms with Gasteiger partial charge < -0.3 is 4.42 Å². The molecule has 0 unspecified atom stereocenters. The minimum absolute atomic E-state index is 0.0670. The van der Waals surface area contributed by atoms with Gasteiger partial charge in [0, 0.05) is 23.5 Å². The van der Waals surface area contributed by atoms with Crippen LogP contribution in [-0.4, -0.2) is 26.7 Å².